The first-order valence-electron chi connectivity index (χ1n) is 7.58. The van der Waals surface area contributed by atoms with E-state index in [0.717, 1.165) is 13.0 Å². The first-order valence-corrected chi connectivity index (χ1v) is 7.58. The lowest BCUT2D eigenvalue weighted by atomic mass is 9.99. The fourth-order valence-corrected chi connectivity index (χ4v) is 2.79. The molecule has 0 aliphatic rings. The minimum absolute atomic E-state index is 0.0968. The summed E-state index contributed by atoms with van der Waals surface area (Å²) in [7, 11) is 2.14. The van der Waals surface area contributed by atoms with Crippen LogP contribution < -0.4 is 10.6 Å². The number of hydrogen-bond acceptors (Lipinski definition) is 2. The highest BCUT2D eigenvalue weighted by atomic mass is 15.1. The number of nitrogens with two attached hydrogens (primary N) is 1. The Morgan fingerprint density at radius 2 is 1.62 bits per heavy atom. The molecule has 0 bridgehead atoms. The highest BCUT2D eigenvalue weighted by Crippen LogP contribution is 2.21. The van der Waals surface area contributed by atoms with Gasteiger partial charge in [0.25, 0.3) is 0 Å². The molecule has 0 radical (unpaired) electrons. The van der Waals surface area contributed by atoms with Crippen molar-refractivity contribution in [3.8, 4) is 0 Å². The molecule has 0 aliphatic heterocycles. The van der Waals surface area contributed by atoms with Crippen molar-refractivity contribution in [2.24, 2.45) is 5.73 Å². The minimum atomic E-state index is 0.0968. The Kier molecular flexibility index (Phi) is 5.03. The molecule has 1 atom stereocenters. The van der Waals surface area contributed by atoms with Crippen LogP contribution >= 0.6 is 0 Å². The van der Waals surface area contributed by atoms with E-state index in [1.807, 2.05) is 0 Å². The number of rotatable bonds is 5. The molecule has 21 heavy (non-hydrogen) atoms. The van der Waals surface area contributed by atoms with Crippen LogP contribution in [0.25, 0.3) is 0 Å². The smallest absolute Gasteiger partial charge is 0.0368 e. The molecule has 0 fully saturated rings. The van der Waals surface area contributed by atoms with E-state index in [0.29, 0.717) is 0 Å². The fourth-order valence-electron chi connectivity index (χ4n) is 2.79. The van der Waals surface area contributed by atoms with E-state index in [1.165, 1.54) is 27.9 Å². The molecule has 2 N–H and O–H groups in total. The Balaban J connectivity index is 2.00. The molecule has 0 spiro atoms. The highest BCUT2D eigenvalue weighted by Gasteiger charge is 2.10. The largest absolute Gasteiger partial charge is 0.375 e. The van der Waals surface area contributed by atoms with Crippen molar-refractivity contribution in [1.29, 1.82) is 0 Å². The van der Waals surface area contributed by atoms with Gasteiger partial charge in [-0.15, -0.1) is 0 Å². The Morgan fingerprint density at radius 1 is 1.00 bits per heavy atom. The zero-order valence-corrected chi connectivity index (χ0v) is 13.6. The van der Waals surface area contributed by atoms with Gasteiger partial charge in [-0.3, -0.25) is 0 Å². The molecule has 0 aliphatic carbocycles. The number of anilines is 1. The van der Waals surface area contributed by atoms with E-state index in [-0.39, 0.29) is 6.04 Å². The fraction of sp³-hybridized carbons (Fsp3) is 0.368. The Bertz CT molecular complexity index is 584. The highest BCUT2D eigenvalue weighted by molar-refractivity contribution is 5.50. The lowest BCUT2D eigenvalue weighted by Crippen LogP contribution is -2.23. The Morgan fingerprint density at radius 3 is 2.24 bits per heavy atom. The summed E-state index contributed by atoms with van der Waals surface area (Å²) in [6.45, 7) is 7.37. The third-order valence-corrected chi connectivity index (χ3v) is 4.01. The predicted molar refractivity (Wildman–Crippen MR) is 91.9 cm³/mol. The summed E-state index contributed by atoms with van der Waals surface area (Å²) in [6.07, 6.45) is 0.953. The van der Waals surface area contributed by atoms with E-state index in [1.54, 1.807) is 0 Å². The zero-order valence-electron chi connectivity index (χ0n) is 13.6. The molecule has 0 heterocycles. The molecule has 2 aromatic carbocycles. The number of benzene rings is 2. The molecule has 0 saturated heterocycles. The van der Waals surface area contributed by atoms with Gasteiger partial charge < -0.3 is 10.6 Å². The molecule has 112 valence electrons. The summed E-state index contributed by atoms with van der Waals surface area (Å²) in [4.78, 5) is 2.29. The molecular weight excluding hydrogens is 256 g/mol. The van der Waals surface area contributed by atoms with Crippen molar-refractivity contribution in [1.82, 2.24) is 0 Å². The Labute approximate surface area is 128 Å². The normalized spacial score (nSPS) is 12.2. The van der Waals surface area contributed by atoms with E-state index in [2.05, 4.69) is 75.2 Å². The minimum Gasteiger partial charge on any atom is -0.375 e. The second kappa shape index (κ2) is 6.77. The third kappa shape index (κ3) is 4.08. The van der Waals surface area contributed by atoms with Crippen LogP contribution in [-0.4, -0.2) is 13.6 Å². The van der Waals surface area contributed by atoms with Gasteiger partial charge in [0.05, 0.1) is 0 Å². The quantitative estimate of drug-likeness (QED) is 0.893. The molecule has 2 rings (SSSR count). The van der Waals surface area contributed by atoms with E-state index >= 15 is 0 Å². The van der Waals surface area contributed by atoms with Gasteiger partial charge >= 0.3 is 0 Å². The topological polar surface area (TPSA) is 29.3 Å². The molecule has 2 aromatic rings. The monoisotopic (exact) mass is 282 g/mol. The first kappa shape index (κ1) is 15.6. The van der Waals surface area contributed by atoms with Gasteiger partial charge in [-0.1, -0.05) is 30.3 Å². The maximum atomic E-state index is 6.36. The van der Waals surface area contributed by atoms with Crippen LogP contribution in [0.1, 0.15) is 34.7 Å². The first-order chi connectivity index (χ1) is 9.97. The van der Waals surface area contributed by atoms with Crippen LogP contribution in [0, 0.1) is 20.8 Å². The average Bonchev–Trinajstić information content (AvgIpc) is 2.43. The van der Waals surface area contributed by atoms with Gasteiger partial charge in [0.15, 0.2) is 0 Å². The van der Waals surface area contributed by atoms with Crippen molar-refractivity contribution >= 4 is 5.69 Å². The van der Waals surface area contributed by atoms with Gasteiger partial charge in [0.2, 0.25) is 0 Å². The zero-order chi connectivity index (χ0) is 15.4. The van der Waals surface area contributed by atoms with Crippen LogP contribution in [0.4, 0.5) is 5.69 Å². The number of nitrogens with zero attached hydrogens (tertiary/aromatic N) is 1. The molecular formula is C19H26N2. The molecule has 2 heteroatoms. The third-order valence-electron chi connectivity index (χ3n) is 4.01. The van der Waals surface area contributed by atoms with Crippen LogP contribution in [-0.2, 0) is 0 Å². The maximum Gasteiger partial charge on any atom is 0.0368 e. The summed E-state index contributed by atoms with van der Waals surface area (Å²) >= 11 is 0. The van der Waals surface area contributed by atoms with E-state index in [9.17, 15) is 0 Å². The van der Waals surface area contributed by atoms with E-state index < -0.39 is 0 Å². The van der Waals surface area contributed by atoms with Crippen molar-refractivity contribution < 1.29 is 0 Å². The van der Waals surface area contributed by atoms with Crippen molar-refractivity contribution in [3.63, 3.8) is 0 Å². The maximum absolute atomic E-state index is 6.36. The summed E-state index contributed by atoms with van der Waals surface area (Å²) in [5, 5.41) is 0. The lowest BCUT2D eigenvalue weighted by molar-refractivity contribution is 0.642. The molecule has 0 amide bonds. The molecule has 0 saturated carbocycles. The summed E-state index contributed by atoms with van der Waals surface area (Å²) < 4.78 is 0. The molecule has 0 aromatic heterocycles. The van der Waals surface area contributed by atoms with Crippen molar-refractivity contribution in [3.05, 3.63) is 64.7 Å². The van der Waals surface area contributed by atoms with Gasteiger partial charge in [0, 0.05) is 25.3 Å². The SMILES string of the molecule is Cc1cc(C)cc(N(C)CCC(N)c2ccccc2C)c1. The number of aryl methyl sites for hydroxylation is 3. The van der Waals surface area contributed by atoms with Crippen molar-refractivity contribution in [2.75, 3.05) is 18.5 Å². The molecule has 1 unspecified atom stereocenters. The van der Waals surface area contributed by atoms with Crippen molar-refractivity contribution in [2.45, 2.75) is 33.2 Å². The number of hydrogen-bond donors (Lipinski definition) is 1. The Hall–Kier alpha value is -1.80. The summed E-state index contributed by atoms with van der Waals surface area (Å²) in [5.74, 6) is 0. The standard InChI is InChI=1S/C19H26N2/c1-14-11-15(2)13-17(12-14)21(4)10-9-19(20)18-8-6-5-7-16(18)3/h5-8,11-13,19H,9-10,20H2,1-4H3. The summed E-state index contributed by atoms with van der Waals surface area (Å²) in [6, 6.07) is 15.2. The predicted octanol–water partition coefficient (Wildman–Crippen LogP) is 4.14. The van der Waals surface area contributed by atoms with Crippen LogP contribution in [0.2, 0.25) is 0 Å². The van der Waals surface area contributed by atoms with Crippen LogP contribution in [0.5, 0.6) is 0 Å². The van der Waals surface area contributed by atoms with Gasteiger partial charge in [0.1, 0.15) is 0 Å². The lowest BCUT2D eigenvalue weighted by Gasteiger charge is -2.23. The van der Waals surface area contributed by atoms with Crippen LogP contribution in [0.15, 0.2) is 42.5 Å². The molecule has 2 nitrogen and oxygen atoms in total. The van der Waals surface area contributed by atoms with Gasteiger partial charge in [-0.05, 0) is 61.6 Å². The van der Waals surface area contributed by atoms with Gasteiger partial charge in [-0.25, -0.2) is 0 Å². The average molecular weight is 282 g/mol. The van der Waals surface area contributed by atoms with Crippen LogP contribution in [0.3, 0.4) is 0 Å². The summed E-state index contributed by atoms with van der Waals surface area (Å²) in [5.41, 5.74) is 12.8. The second-order valence-electron chi connectivity index (χ2n) is 6.02. The van der Waals surface area contributed by atoms with E-state index in [4.69, 9.17) is 5.73 Å². The second-order valence-corrected chi connectivity index (χ2v) is 6.02. The van der Waals surface area contributed by atoms with Gasteiger partial charge in [-0.2, -0.15) is 0 Å².